The summed E-state index contributed by atoms with van der Waals surface area (Å²) in [5.74, 6) is 2.19. The van der Waals surface area contributed by atoms with E-state index in [1.807, 2.05) is 44.2 Å². The number of fused-ring (bicyclic) bond motifs is 1. The number of rotatable bonds is 5. The standard InChI is InChI=1S/C22H21N3O2S/c1-5-12-23-20(26)16(4)28-22-24-19-9-7-6-8-18(19)21(27)25(22)17-11-10-14(2)15(3)13-17/h1,6-11,13,16H,12H2,2-4H3,(H,23,26). The van der Waals surface area contributed by atoms with Gasteiger partial charge in [0.05, 0.1) is 28.4 Å². The van der Waals surface area contributed by atoms with Gasteiger partial charge >= 0.3 is 0 Å². The molecule has 1 amide bonds. The highest BCUT2D eigenvalue weighted by molar-refractivity contribution is 8.00. The molecular formula is C22H21N3O2S. The summed E-state index contributed by atoms with van der Waals surface area (Å²) in [4.78, 5) is 30.2. The maximum atomic E-state index is 13.3. The molecule has 0 fully saturated rings. The number of thioether (sulfide) groups is 1. The molecule has 0 saturated carbocycles. The van der Waals surface area contributed by atoms with Crippen LogP contribution < -0.4 is 10.9 Å². The Morgan fingerprint density at radius 1 is 1.25 bits per heavy atom. The van der Waals surface area contributed by atoms with E-state index in [-0.39, 0.29) is 18.0 Å². The molecule has 0 aliphatic heterocycles. The first-order valence-corrected chi connectivity index (χ1v) is 9.77. The lowest BCUT2D eigenvalue weighted by Crippen LogP contribution is -2.32. The second kappa shape index (κ2) is 8.32. The van der Waals surface area contributed by atoms with Crippen LogP contribution in [0.1, 0.15) is 18.1 Å². The minimum absolute atomic E-state index is 0.160. The maximum absolute atomic E-state index is 13.3. The fourth-order valence-electron chi connectivity index (χ4n) is 2.78. The van der Waals surface area contributed by atoms with E-state index in [4.69, 9.17) is 6.42 Å². The van der Waals surface area contributed by atoms with Crippen LogP contribution in [0.5, 0.6) is 0 Å². The zero-order chi connectivity index (χ0) is 20.3. The number of hydrogen-bond acceptors (Lipinski definition) is 4. The Bertz CT molecular complexity index is 1140. The van der Waals surface area contributed by atoms with Gasteiger partial charge in [-0.3, -0.25) is 14.2 Å². The Kier molecular flexibility index (Phi) is 5.86. The van der Waals surface area contributed by atoms with Crippen molar-refractivity contribution in [2.45, 2.75) is 31.2 Å². The van der Waals surface area contributed by atoms with Gasteiger partial charge in [0, 0.05) is 0 Å². The SMILES string of the molecule is C#CCNC(=O)C(C)Sc1nc2ccccc2c(=O)n1-c1ccc(C)c(C)c1. The summed E-state index contributed by atoms with van der Waals surface area (Å²) in [6.45, 7) is 5.95. The van der Waals surface area contributed by atoms with E-state index in [1.54, 1.807) is 23.6 Å². The normalized spacial score (nSPS) is 11.8. The summed E-state index contributed by atoms with van der Waals surface area (Å²) < 4.78 is 1.57. The number of benzene rings is 2. The quantitative estimate of drug-likeness (QED) is 0.412. The van der Waals surface area contributed by atoms with Crippen LogP contribution in [-0.2, 0) is 4.79 Å². The molecule has 142 valence electrons. The van der Waals surface area contributed by atoms with Gasteiger partial charge in [-0.05, 0) is 56.2 Å². The average molecular weight is 391 g/mol. The van der Waals surface area contributed by atoms with Gasteiger partial charge in [-0.1, -0.05) is 35.9 Å². The zero-order valence-corrected chi connectivity index (χ0v) is 16.8. The lowest BCUT2D eigenvalue weighted by Gasteiger charge is -2.17. The highest BCUT2D eigenvalue weighted by Crippen LogP contribution is 2.26. The summed E-state index contributed by atoms with van der Waals surface area (Å²) in [5.41, 5.74) is 3.39. The second-order valence-electron chi connectivity index (χ2n) is 6.50. The fraction of sp³-hybridized carbons (Fsp3) is 0.227. The average Bonchev–Trinajstić information content (AvgIpc) is 2.68. The number of nitrogens with zero attached hydrogens (tertiary/aromatic N) is 2. The first-order valence-electron chi connectivity index (χ1n) is 8.89. The number of amides is 1. The maximum Gasteiger partial charge on any atom is 0.266 e. The molecule has 28 heavy (non-hydrogen) atoms. The molecule has 5 nitrogen and oxygen atoms in total. The summed E-state index contributed by atoms with van der Waals surface area (Å²) in [6.07, 6.45) is 5.21. The smallest absolute Gasteiger partial charge is 0.266 e. The summed E-state index contributed by atoms with van der Waals surface area (Å²) >= 11 is 1.23. The number of hydrogen-bond donors (Lipinski definition) is 1. The number of para-hydroxylation sites is 1. The molecule has 0 aliphatic carbocycles. The number of carbonyl (C=O) groups is 1. The Morgan fingerprint density at radius 2 is 2.00 bits per heavy atom. The lowest BCUT2D eigenvalue weighted by atomic mass is 10.1. The summed E-state index contributed by atoms with van der Waals surface area (Å²) in [7, 11) is 0. The van der Waals surface area contributed by atoms with Crippen LogP contribution in [0, 0.1) is 26.2 Å². The Morgan fingerprint density at radius 3 is 2.71 bits per heavy atom. The summed E-state index contributed by atoms with van der Waals surface area (Å²) in [5, 5.41) is 3.21. The van der Waals surface area contributed by atoms with Gasteiger partial charge in [0.15, 0.2) is 5.16 Å². The van der Waals surface area contributed by atoms with Crippen molar-refractivity contribution in [3.8, 4) is 18.0 Å². The Balaban J connectivity index is 2.14. The van der Waals surface area contributed by atoms with E-state index in [2.05, 4.69) is 16.2 Å². The topological polar surface area (TPSA) is 64.0 Å². The third kappa shape index (κ3) is 3.95. The number of terminal acetylenes is 1. The zero-order valence-electron chi connectivity index (χ0n) is 16.0. The number of aromatic nitrogens is 2. The highest BCUT2D eigenvalue weighted by Gasteiger charge is 2.20. The van der Waals surface area contributed by atoms with Crippen molar-refractivity contribution in [3.05, 3.63) is 63.9 Å². The van der Waals surface area contributed by atoms with Crippen LogP contribution in [0.3, 0.4) is 0 Å². The molecule has 0 spiro atoms. The van der Waals surface area contributed by atoms with Crippen LogP contribution in [-0.4, -0.2) is 27.3 Å². The van der Waals surface area contributed by atoms with Crippen molar-refractivity contribution >= 4 is 28.6 Å². The number of carbonyl (C=O) groups excluding carboxylic acids is 1. The van der Waals surface area contributed by atoms with Crippen molar-refractivity contribution in [1.82, 2.24) is 14.9 Å². The third-order valence-electron chi connectivity index (χ3n) is 4.51. The van der Waals surface area contributed by atoms with Crippen molar-refractivity contribution in [2.24, 2.45) is 0 Å². The molecule has 0 aliphatic rings. The molecule has 1 aromatic heterocycles. The first kappa shape index (κ1) is 19.7. The minimum Gasteiger partial charge on any atom is -0.344 e. The highest BCUT2D eigenvalue weighted by atomic mass is 32.2. The van der Waals surface area contributed by atoms with Crippen LogP contribution in [0.25, 0.3) is 16.6 Å². The van der Waals surface area contributed by atoms with E-state index in [0.29, 0.717) is 16.1 Å². The van der Waals surface area contributed by atoms with E-state index in [0.717, 1.165) is 16.8 Å². The minimum atomic E-state index is -0.459. The molecule has 0 radical (unpaired) electrons. The number of nitrogens with one attached hydrogen (secondary N) is 1. The van der Waals surface area contributed by atoms with Crippen molar-refractivity contribution in [2.75, 3.05) is 6.54 Å². The molecule has 1 N–H and O–H groups in total. The Labute approximate surface area is 168 Å². The van der Waals surface area contributed by atoms with Crippen molar-refractivity contribution in [1.29, 1.82) is 0 Å². The van der Waals surface area contributed by atoms with Gasteiger partial charge < -0.3 is 5.32 Å². The van der Waals surface area contributed by atoms with Gasteiger partial charge in [0.2, 0.25) is 5.91 Å². The monoisotopic (exact) mass is 391 g/mol. The molecule has 1 heterocycles. The van der Waals surface area contributed by atoms with Crippen molar-refractivity contribution < 1.29 is 4.79 Å². The third-order valence-corrected chi connectivity index (χ3v) is 5.56. The van der Waals surface area contributed by atoms with Crippen LogP contribution >= 0.6 is 11.8 Å². The van der Waals surface area contributed by atoms with Gasteiger partial charge in [-0.25, -0.2) is 4.98 Å². The van der Waals surface area contributed by atoms with E-state index in [1.165, 1.54) is 11.8 Å². The predicted molar refractivity (Wildman–Crippen MR) is 114 cm³/mol. The van der Waals surface area contributed by atoms with E-state index >= 15 is 0 Å². The molecule has 0 saturated heterocycles. The molecule has 0 bridgehead atoms. The lowest BCUT2D eigenvalue weighted by molar-refractivity contribution is -0.120. The first-order chi connectivity index (χ1) is 13.4. The molecule has 3 aromatic rings. The van der Waals surface area contributed by atoms with E-state index < -0.39 is 5.25 Å². The van der Waals surface area contributed by atoms with Gasteiger partial charge in [-0.2, -0.15) is 0 Å². The number of aryl methyl sites for hydroxylation is 2. The van der Waals surface area contributed by atoms with Crippen LogP contribution in [0.2, 0.25) is 0 Å². The second-order valence-corrected chi connectivity index (χ2v) is 7.81. The molecule has 1 atom stereocenters. The Hall–Kier alpha value is -3.04. The van der Waals surface area contributed by atoms with Crippen molar-refractivity contribution in [3.63, 3.8) is 0 Å². The fourth-order valence-corrected chi connectivity index (χ4v) is 3.73. The van der Waals surface area contributed by atoms with Crippen LogP contribution in [0.15, 0.2) is 52.4 Å². The molecular weight excluding hydrogens is 370 g/mol. The molecule has 6 heteroatoms. The molecule has 2 aromatic carbocycles. The predicted octanol–water partition coefficient (Wildman–Crippen LogP) is 3.23. The summed E-state index contributed by atoms with van der Waals surface area (Å²) in [6, 6.07) is 13.1. The van der Waals surface area contributed by atoms with Gasteiger partial charge in [0.25, 0.3) is 5.56 Å². The van der Waals surface area contributed by atoms with E-state index in [9.17, 15) is 9.59 Å². The molecule has 3 rings (SSSR count). The largest absolute Gasteiger partial charge is 0.344 e. The van der Waals surface area contributed by atoms with Crippen LogP contribution in [0.4, 0.5) is 0 Å². The van der Waals surface area contributed by atoms with Gasteiger partial charge in [0.1, 0.15) is 0 Å². The van der Waals surface area contributed by atoms with Gasteiger partial charge in [-0.15, -0.1) is 6.42 Å². The molecule has 1 unspecified atom stereocenters.